The van der Waals surface area contributed by atoms with Crippen molar-refractivity contribution in [1.82, 2.24) is 0 Å². The molecular weight excluding hydrogens is 276 g/mol. The Kier molecular flexibility index (Phi) is 5.15. The smallest absolute Gasteiger partial charge is 0.339 e. The number of methoxy groups -OCH3 is 1. The summed E-state index contributed by atoms with van der Waals surface area (Å²) < 4.78 is 5.12. The van der Waals surface area contributed by atoms with Crippen LogP contribution in [-0.4, -0.2) is 18.2 Å². The highest BCUT2D eigenvalue weighted by molar-refractivity contribution is 6.17. The molecule has 0 atom stereocenters. The molecule has 0 aliphatic carbocycles. The van der Waals surface area contributed by atoms with Crippen LogP contribution in [0, 0.1) is 0 Å². The van der Waals surface area contributed by atoms with Gasteiger partial charge in [0.25, 0.3) is 0 Å². The summed E-state index contributed by atoms with van der Waals surface area (Å²) in [7, 11) is 1.47. The molecule has 0 saturated heterocycles. The molecule has 0 aliphatic heterocycles. The highest BCUT2D eigenvalue weighted by Crippen LogP contribution is 2.25. The first-order chi connectivity index (χ1) is 10.6. The normalized spacial score (nSPS) is 12.1. The summed E-state index contributed by atoms with van der Waals surface area (Å²) in [5.41, 5.74) is 2.71. The predicted molar refractivity (Wildman–Crippen MR) is 89.1 cm³/mol. The third kappa shape index (κ3) is 3.64. The second-order valence-corrected chi connectivity index (χ2v) is 4.77. The number of hydrogen-bond donors (Lipinski definition) is 1. The van der Waals surface area contributed by atoms with Crippen LogP contribution in [0.5, 0.6) is 0 Å². The molecular formula is C19H18O3. The standard InChI is InChI=1S/C19H18O3/c1-14(22-2)18(19(20)21)17-11-7-6-10-16(17)13-12-15-8-4-3-5-9-15/h3-13H,1-2H3,(H,20,21). The number of benzene rings is 2. The van der Waals surface area contributed by atoms with E-state index in [4.69, 9.17) is 4.74 Å². The van der Waals surface area contributed by atoms with Crippen molar-refractivity contribution in [2.75, 3.05) is 7.11 Å². The summed E-state index contributed by atoms with van der Waals surface area (Å²) in [6.07, 6.45) is 3.87. The molecule has 2 aromatic carbocycles. The van der Waals surface area contributed by atoms with Crippen LogP contribution in [-0.2, 0) is 9.53 Å². The third-order valence-corrected chi connectivity index (χ3v) is 3.36. The van der Waals surface area contributed by atoms with Gasteiger partial charge >= 0.3 is 5.97 Å². The van der Waals surface area contributed by atoms with Gasteiger partial charge in [0.15, 0.2) is 0 Å². The Bertz CT molecular complexity index is 712. The average Bonchev–Trinajstić information content (AvgIpc) is 2.54. The number of ether oxygens (including phenoxy) is 1. The topological polar surface area (TPSA) is 46.5 Å². The van der Waals surface area contributed by atoms with E-state index in [1.165, 1.54) is 7.11 Å². The van der Waals surface area contributed by atoms with Gasteiger partial charge in [-0.2, -0.15) is 0 Å². The van der Waals surface area contributed by atoms with Gasteiger partial charge in [0.05, 0.1) is 7.11 Å². The molecule has 0 spiro atoms. The van der Waals surface area contributed by atoms with Crippen LogP contribution in [0.4, 0.5) is 0 Å². The molecule has 0 aliphatic rings. The fourth-order valence-electron chi connectivity index (χ4n) is 2.18. The van der Waals surface area contributed by atoms with E-state index in [9.17, 15) is 9.90 Å². The molecule has 0 radical (unpaired) electrons. The summed E-state index contributed by atoms with van der Waals surface area (Å²) >= 11 is 0. The van der Waals surface area contributed by atoms with Gasteiger partial charge in [-0.05, 0) is 23.6 Å². The van der Waals surface area contributed by atoms with Crippen molar-refractivity contribution >= 4 is 23.7 Å². The van der Waals surface area contributed by atoms with Gasteiger partial charge < -0.3 is 9.84 Å². The lowest BCUT2D eigenvalue weighted by atomic mass is 9.98. The molecule has 112 valence electrons. The van der Waals surface area contributed by atoms with Crippen LogP contribution >= 0.6 is 0 Å². The van der Waals surface area contributed by atoms with Gasteiger partial charge in [-0.25, -0.2) is 4.79 Å². The number of hydrogen-bond acceptors (Lipinski definition) is 2. The van der Waals surface area contributed by atoms with E-state index in [-0.39, 0.29) is 5.57 Å². The molecule has 2 rings (SSSR count). The Balaban J connectivity index is 2.47. The maximum Gasteiger partial charge on any atom is 0.339 e. The van der Waals surface area contributed by atoms with Crippen LogP contribution in [0.1, 0.15) is 23.6 Å². The van der Waals surface area contributed by atoms with E-state index in [0.29, 0.717) is 11.3 Å². The summed E-state index contributed by atoms with van der Waals surface area (Å²) in [6, 6.07) is 17.3. The van der Waals surface area contributed by atoms with E-state index >= 15 is 0 Å². The quantitative estimate of drug-likeness (QED) is 0.507. The molecule has 0 amide bonds. The van der Waals surface area contributed by atoms with Gasteiger partial charge in [-0.15, -0.1) is 0 Å². The molecule has 0 heterocycles. The predicted octanol–water partition coefficient (Wildman–Crippen LogP) is 4.32. The lowest BCUT2D eigenvalue weighted by molar-refractivity contribution is -0.130. The lowest BCUT2D eigenvalue weighted by Gasteiger charge is -2.10. The first kappa shape index (κ1) is 15.6. The van der Waals surface area contributed by atoms with E-state index in [2.05, 4.69) is 0 Å². The van der Waals surface area contributed by atoms with Crippen LogP contribution in [0.25, 0.3) is 17.7 Å². The number of allylic oxidation sites excluding steroid dienone is 1. The molecule has 0 fully saturated rings. The van der Waals surface area contributed by atoms with Crippen molar-refractivity contribution in [3.05, 3.63) is 77.0 Å². The van der Waals surface area contributed by atoms with Crippen molar-refractivity contribution in [2.24, 2.45) is 0 Å². The Morgan fingerprint density at radius 1 is 1.00 bits per heavy atom. The maximum absolute atomic E-state index is 11.6. The van der Waals surface area contributed by atoms with Crippen molar-refractivity contribution < 1.29 is 14.6 Å². The van der Waals surface area contributed by atoms with E-state index in [0.717, 1.165) is 11.1 Å². The number of carboxylic acids is 1. The highest BCUT2D eigenvalue weighted by atomic mass is 16.5. The molecule has 3 nitrogen and oxygen atoms in total. The van der Waals surface area contributed by atoms with Gasteiger partial charge in [-0.1, -0.05) is 66.7 Å². The van der Waals surface area contributed by atoms with Crippen LogP contribution in [0.3, 0.4) is 0 Å². The van der Waals surface area contributed by atoms with Gasteiger partial charge in [0.1, 0.15) is 11.3 Å². The third-order valence-electron chi connectivity index (χ3n) is 3.36. The van der Waals surface area contributed by atoms with Crippen molar-refractivity contribution in [1.29, 1.82) is 0 Å². The zero-order valence-electron chi connectivity index (χ0n) is 12.6. The Labute approximate surface area is 130 Å². The number of rotatable bonds is 5. The van der Waals surface area contributed by atoms with Crippen molar-refractivity contribution in [2.45, 2.75) is 6.92 Å². The number of carboxylic acid groups (broad SMARTS) is 1. The van der Waals surface area contributed by atoms with Crippen LogP contribution < -0.4 is 0 Å². The zero-order chi connectivity index (χ0) is 15.9. The molecule has 0 bridgehead atoms. The van der Waals surface area contributed by atoms with Gasteiger partial charge in [0.2, 0.25) is 0 Å². The van der Waals surface area contributed by atoms with Crippen molar-refractivity contribution in [3.63, 3.8) is 0 Å². The first-order valence-corrected chi connectivity index (χ1v) is 6.94. The average molecular weight is 294 g/mol. The second kappa shape index (κ2) is 7.27. The van der Waals surface area contributed by atoms with Gasteiger partial charge in [0, 0.05) is 0 Å². The van der Waals surface area contributed by atoms with E-state index in [1.807, 2.05) is 60.7 Å². The monoisotopic (exact) mass is 294 g/mol. The maximum atomic E-state index is 11.6. The summed E-state index contributed by atoms with van der Waals surface area (Å²) in [5.74, 6) is -0.618. The largest absolute Gasteiger partial charge is 0.500 e. The summed E-state index contributed by atoms with van der Waals surface area (Å²) in [5, 5.41) is 9.48. The highest BCUT2D eigenvalue weighted by Gasteiger charge is 2.17. The van der Waals surface area contributed by atoms with Crippen molar-refractivity contribution in [3.8, 4) is 0 Å². The molecule has 22 heavy (non-hydrogen) atoms. The SMILES string of the molecule is COC(C)=C(C(=O)O)c1ccccc1C=Cc1ccccc1. The van der Waals surface area contributed by atoms with Gasteiger partial charge in [-0.3, -0.25) is 0 Å². The first-order valence-electron chi connectivity index (χ1n) is 6.94. The van der Waals surface area contributed by atoms with Crippen LogP contribution in [0.2, 0.25) is 0 Å². The number of aliphatic carboxylic acids is 1. The molecule has 0 saturated carbocycles. The minimum atomic E-state index is -1.00. The fourth-order valence-corrected chi connectivity index (χ4v) is 2.18. The van der Waals surface area contributed by atoms with Crippen LogP contribution in [0.15, 0.2) is 60.4 Å². The lowest BCUT2D eigenvalue weighted by Crippen LogP contribution is -2.05. The Morgan fingerprint density at radius 3 is 2.27 bits per heavy atom. The molecule has 3 heteroatoms. The van der Waals surface area contributed by atoms with E-state index in [1.54, 1.807) is 13.0 Å². The number of carbonyl (C=O) groups is 1. The fraction of sp³-hybridized carbons (Fsp3) is 0.105. The Hall–Kier alpha value is -2.81. The zero-order valence-corrected chi connectivity index (χ0v) is 12.6. The molecule has 2 aromatic rings. The summed E-state index contributed by atoms with van der Waals surface area (Å²) in [6.45, 7) is 1.65. The molecule has 0 aromatic heterocycles. The molecule has 1 N–H and O–H groups in total. The van der Waals surface area contributed by atoms with E-state index < -0.39 is 5.97 Å². The second-order valence-electron chi connectivity index (χ2n) is 4.77. The minimum absolute atomic E-state index is 0.177. The molecule has 0 unspecified atom stereocenters. The Morgan fingerprint density at radius 2 is 1.64 bits per heavy atom. The summed E-state index contributed by atoms with van der Waals surface area (Å²) in [4.78, 5) is 11.6. The minimum Gasteiger partial charge on any atom is -0.500 e.